The van der Waals surface area contributed by atoms with Gasteiger partial charge in [0.2, 0.25) is 5.91 Å². The number of carbonyl (C=O) groups is 1. The number of hydrogen-bond acceptors (Lipinski definition) is 4. The van der Waals surface area contributed by atoms with Gasteiger partial charge in [0.05, 0.1) is 13.7 Å². The number of hydrogen-bond donors (Lipinski definition) is 1. The molecule has 0 aliphatic rings. The summed E-state index contributed by atoms with van der Waals surface area (Å²) in [4.78, 5) is 15.3. The van der Waals surface area contributed by atoms with Crippen molar-refractivity contribution in [1.82, 2.24) is 4.98 Å². The van der Waals surface area contributed by atoms with Crippen molar-refractivity contribution in [3.05, 3.63) is 36.5 Å². The molecule has 1 heterocycles. The number of methoxy groups -OCH3 is 1. The first-order chi connectivity index (χ1) is 12.0. The molecule has 5 heteroatoms. The first kappa shape index (κ1) is 18.8. The molecular weight excluding hydrogens is 316 g/mol. The number of nitrogens with zero attached hydrogens (tertiary/aromatic N) is 1. The fraction of sp³-hybridized carbons (Fsp3) is 0.400. The van der Waals surface area contributed by atoms with Gasteiger partial charge in [-0.05, 0) is 54.2 Å². The average Bonchev–Trinajstić information content (AvgIpc) is 2.58. The molecule has 1 amide bonds. The Morgan fingerprint density at radius 3 is 2.60 bits per heavy atom. The lowest BCUT2D eigenvalue weighted by Gasteiger charge is -2.13. The van der Waals surface area contributed by atoms with Gasteiger partial charge in [-0.25, -0.2) is 4.98 Å². The first-order valence-electron chi connectivity index (χ1n) is 8.54. The van der Waals surface area contributed by atoms with Crippen LogP contribution in [0.2, 0.25) is 0 Å². The average molecular weight is 342 g/mol. The number of amides is 1. The molecule has 0 aliphatic carbocycles. The Kier molecular flexibility index (Phi) is 6.81. The maximum absolute atomic E-state index is 11.2. The Bertz CT molecular complexity index is 714. The molecule has 0 saturated carbocycles. The molecule has 134 valence electrons. The molecule has 0 saturated heterocycles. The number of nitrogens with one attached hydrogen (secondary N) is 1. The standard InChI is InChI=1S/C20H26N2O3/c1-14(2)6-5-11-25-18-8-7-16(12-19(18)24-4)17-9-10-21-20(13-17)22-15(3)23/h7-10,12-14H,5-6,11H2,1-4H3,(H,21,22,23). The van der Waals surface area contributed by atoms with Crippen LogP contribution in [0.1, 0.15) is 33.6 Å². The summed E-state index contributed by atoms with van der Waals surface area (Å²) in [7, 11) is 1.63. The molecule has 0 radical (unpaired) electrons. The summed E-state index contributed by atoms with van der Waals surface area (Å²) in [5.74, 6) is 2.49. The van der Waals surface area contributed by atoms with Gasteiger partial charge in [0, 0.05) is 13.1 Å². The van der Waals surface area contributed by atoms with Gasteiger partial charge in [-0.3, -0.25) is 4.79 Å². The minimum atomic E-state index is -0.146. The van der Waals surface area contributed by atoms with Crippen molar-refractivity contribution in [3.63, 3.8) is 0 Å². The van der Waals surface area contributed by atoms with Crippen LogP contribution >= 0.6 is 0 Å². The van der Waals surface area contributed by atoms with E-state index in [1.807, 2.05) is 30.3 Å². The Morgan fingerprint density at radius 2 is 1.92 bits per heavy atom. The summed E-state index contributed by atoms with van der Waals surface area (Å²) in [5, 5.41) is 2.69. The van der Waals surface area contributed by atoms with Gasteiger partial charge >= 0.3 is 0 Å². The Labute approximate surface area is 149 Å². The molecule has 0 atom stereocenters. The SMILES string of the molecule is COc1cc(-c2ccnc(NC(C)=O)c2)ccc1OCCCC(C)C. The second-order valence-electron chi connectivity index (χ2n) is 6.36. The monoisotopic (exact) mass is 342 g/mol. The van der Waals surface area contributed by atoms with Crippen LogP contribution < -0.4 is 14.8 Å². The maximum Gasteiger partial charge on any atom is 0.222 e. The molecule has 0 unspecified atom stereocenters. The molecule has 1 N–H and O–H groups in total. The van der Waals surface area contributed by atoms with Crippen molar-refractivity contribution in [2.75, 3.05) is 19.0 Å². The van der Waals surface area contributed by atoms with Crippen LogP contribution in [0.3, 0.4) is 0 Å². The van der Waals surface area contributed by atoms with Gasteiger partial charge in [0.25, 0.3) is 0 Å². The minimum Gasteiger partial charge on any atom is -0.493 e. The van der Waals surface area contributed by atoms with Crippen molar-refractivity contribution in [2.24, 2.45) is 5.92 Å². The number of benzene rings is 1. The fourth-order valence-electron chi connectivity index (χ4n) is 2.50. The van der Waals surface area contributed by atoms with E-state index in [1.54, 1.807) is 13.3 Å². The second kappa shape index (κ2) is 9.06. The van der Waals surface area contributed by atoms with Crippen LogP contribution in [-0.4, -0.2) is 24.6 Å². The van der Waals surface area contributed by atoms with Crippen LogP contribution in [0.25, 0.3) is 11.1 Å². The highest BCUT2D eigenvalue weighted by atomic mass is 16.5. The van der Waals surface area contributed by atoms with E-state index in [0.29, 0.717) is 24.1 Å². The van der Waals surface area contributed by atoms with Crippen molar-refractivity contribution < 1.29 is 14.3 Å². The summed E-state index contributed by atoms with van der Waals surface area (Å²) in [6.45, 7) is 6.55. The summed E-state index contributed by atoms with van der Waals surface area (Å²) in [5.41, 5.74) is 1.92. The largest absolute Gasteiger partial charge is 0.493 e. The third-order valence-electron chi connectivity index (χ3n) is 3.74. The third-order valence-corrected chi connectivity index (χ3v) is 3.74. The molecule has 25 heavy (non-hydrogen) atoms. The first-order valence-corrected chi connectivity index (χ1v) is 8.54. The summed E-state index contributed by atoms with van der Waals surface area (Å²) >= 11 is 0. The van der Waals surface area contributed by atoms with Crippen molar-refractivity contribution in [2.45, 2.75) is 33.6 Å². The third kappa shape index (κ3) is 5.78. The molecule has 2 rings (SSSR count). The van der Waals surface area contributed by atoms with E-state index < -0.39 is 0 Å². The number of anilines is 1. The molecule has 5 nitrogen and oxygen atoms in total. The summed E-state index contributed by atoms with van der Waals surface area (Å²) < 4.78 is 11.3. The van der Waals surface area contributed by atoms with E-state index in [1.165, 1.54) is 6.92 Å². The van der Waals surface area contributed by atoms with Gasteiger partial charge in [0.1, 0.15) is 5.82 Å². The highest BCUT2D eigenvalue weighted by Crippen LogP contribution is 2.33. The van der Waals surface area contributed by atoms with Crippen molar-refractivity contribution in [3.8, 4) is 22.6 Å². The zero-order valence-corrected chi connectivity index (χ0v) is 15.3. The molecule has 1 aromatic carbocycles. The van der Waals surface area contributed by atoms with Gasteiger partial charge < -0.3 is 14.8 Å². The highest BCUT2D eigenvalue weighted by molar-refractivity contribution is 5.88. The quantitative estimate of drug-likeness (QED) is 0.716. The van der Waals surface area contributed by atoms with Gasteiger partial charge in [-0.15, -0.1) is 0 Å². The van der Waals surface area contributed by atoms with E-state index in [2.05, 4.69) is 24.1 Å². The Morgan fingerprint density at radius 1 is 1.16 bits per heavy atom. The smallest absolute Gasteiger partial charge is 0.222 e. The predicted molar refractivity (Wildman–Crippen MR) is 100 cm³/mol. The number of carbonyl (C=O) groups excluding carboxylic acids is 1. The molecular formula is C20H26N2O3. The van der Waals surface area contributed by atoms with Crippen LogP contribution in [0.5, 0.6) is 11.5 Å². The Hall–Kier alpha value is -2.56. The summed E-state index contributed by atoms with van der Waals surface area (Å²) in [6.07, 6.45) is 3.83. The Balaban J connectivity index is 2.14. The highest BCUT2D eigenvalue weighted by Gasteiger charge is 2.09. The fourth-order valence-corrected chi connectivity index (χ4v) is 2.50. The summed E-state index contributed by atoms with van der Waals surface area (Å²) in [6, 6.07) is 9.56. The topological polar surface area (TPSA) is 60.5 Å². The molecule has 2 aromatic rings. The van der Waals surface area contributed by atoms with E-state index in [4.69, 9.17) is 9.47 Å². The van der Waals surface area contributed by atoms with Gasteiger partial charge in [-0.1, -0.05) is 19.9 Å². The van der Waals surface area contributed by atoms with E-state index in [9.17, 15) is 4.79 Å². The lowest BCUT2D eigenvalue weighted by Crippen LogP contribution is -2.07. The minimum absolute atomic E-state index is 0.146. The van der Waals surface area contributed by atoms with Gasteiger partial charge in [0.15, 0.2) is 11.5 Å². The van der Waals surface area contributed by atoms with Crippen molar-refractivity contribution in [1.29, 1.82) is 0 Å². The molecule has 0 aliphatic heterocycles. The van der Waals surface area contributed by atoms with E-state index in [0.717, 1.165) is 29.7 Å². The van der Waals surface area contributed by atoms with Crippen LogP contribution in [0, 0.1) is 5.92 Å². The normalized spacial score (nSPS) is 10.6. The molecule has 1 aromatic heterocycles. The van der Waals surface area contributed by atoms with E-state index >= 15 is 0 Å². The zero-order chi connectivity index (χ0) is 18.2. The lowest BCUT2D eigenvalue weighted by atomic mass is 10.1. The predicted octanol–water partition coefficient (Wildman–Crippen LogP) is 4.53. The van der Waals surface area contributed by atoms with Crippen LogP contribution in [0.4, 0.5) is 5.82 Å². The second-order valence-corrected chi connectivity index (χ2v) is 6.36. The van der Waals surface area contributed by atoms with Crippen molar-refractivity contribution >= 4 is 11.7 Å². The number of pyridine rings is 1. The number of aromatic nitrogens is 1. The lowest BCUT2D eigenvalue weighted by molar-refractivity contribution is -0.114. The number of rotatable bonds is 8. The molecule has 0 spiro atoms. The van der Waals surface area contributed by atoms with Gasteiger partial charge in [-0.2, -0.15) is 0 Å². The zero-order valence-electron chi connectivity index (χ0n) is 15.3. The molecule has 0 bridgehead atoms. The number of ether oxygens (including phenoxy) is 2. The molecule has 0 fully saturated rings. The van der Waals surface area contributed by atoms with Crippen LogP contribution in [0.15, 0.2) is 36.5 Å². The van der Waals surface area contributed by atoms with Crippen LogP contribution in [-0.2, 0) is 4.79 Å². The maximum atomic E-state index is 11.2. The van der Waals surface area contributed by atoms with E-state index in [-0.39, 0.29) is 5.91 Å².